The fraction of sp³-hybridized carbons (Fsp3) is 0.636. The highest BCUT2D eigenvalue weighted by molar-refractivity contribution is 7.98. The van der Waals surface area contributed by atoms with E-state index >= 15 is 0 Å². The lowest BCUT2D eigenvalue weighted by molar-refractivity contribution is 0.476. The van der Waals surface area contributed by atoms with E-state index in [0.29, 0.717) is 10.3 Å². The van der Waals surface area contributed by atoms with Crippen LogP contribution in [0, 0.1) is 0 Å². The van der Waals surface area contributed by atoms with Crippen molar-refractivity contribution in [1.29, 1.82) is 0 Å². The summed E-state index contributed by atoms with van der Waals surface area (Å²) in [6, 6.07) is 1.77. The number of halogens is 1. The summed E-state index contributed by atoms with van der Waals surface area (Å²) in [4.78, 5) is 8.50. The van der Waals surface area contributed by atoms with Crippen molar-refractivity contribution in [3.8, 4) is 0 Å². The van der Waals surface area contributed by atoms with Gasteiger partial charge >= 0.3 is 0 Å². The summed E-state index contributed by atoms with van der Waals surface area (Å²) < 4.78 is 0. The second-order valence-electron chi connectivity index (χ2n) is 3.96. The first-order chi connectivity index (χ1) is 7.53. The number of hydrogen-bond acceptors (Lipinski definition) is 4. The number of thioether (sulfide) groups is 1. The summed E-state index contributed by atoms with van der Waals surface area (Å²) in [6.07, 6.45) is 4.02. The van der Waals surface area contributed by atoms with Gasteiger partial charge in [-0.05, 0) is 26.0 Å². The molecule has 3 nitrogen and oxygen atoms in total. The molecular formula is C11H18ClN3S. The monoisotopic (exact) mass is 259 g/mol. The highest BCUT2D eigenvalue weighted by Gasteiger charge is 2.20. The Morgan fingerprint density at radius 1 is 1.38 bits per heavy atom. The van der Waals surface area contributed by atoms with Gasteiger partial charge in [0.2, 0.25) is 0 Å². The first-order valence-electron chi connectivity index (χ1n) is 5.39. The number of rotatable bonds is 5. The lowest BCUT2D eigenvalue weighted by atomic mass is 9.96. The van der Waals surface area contributed by atoms with Crippen LogP contribution < -0.4 is 5.32 Å². The summed E-state index contributed by atoms with van der Waals surface area (Å²) >= 11 is 7.43. The zero-order chi connectivity index (χ0) is 12.2. The minimum atomic E-state index is 0.0629. The van der Waals surface area contributed by atoms with Crippen LogP contribution in [0.15, 0.2) is 11.2 Å². The Bertz CT molecular complexity index is 353. The quantitative estimate of drug-likeness (QED) is 0.495. The predicted octanol–water partition coefficient (Wildman–Crippen LogP) is 3.84. The SMILES string of the molecule is CCC(C)(CC)Nc1cc(Cl)nc(SC)n1. The molecular weight excluding hydrogens is 242 g/mol. The zero-order valence-corrected chi connectivity index (χ0v) is 11.7. The molecule has 0 spiro atoms. The number of nitrogens with zero attached hydrogens (tertiary/aromatic N) is 2. The van der Waals surface area contributed by atoms with Crippen LogP contribution in [0.1, 0.15) is 33.6 Å². The molecule has 0 saturated heterocycles. The Labute approximate surface area is 106 Å². The molecule has 1 aromatic heterocycles. The molecule has 1 rings (SSSR count). The van der Waals surface area contributed by atoms with Crippen LogP contribution in [0.5, 0.6) is 0 Å². The minimum absolute atomic E-state index is 0.0629. The van der Waals surface area contributed by atoms with Crippen LogP contribution >= 0.6 is 23.4 Å². The molecule has 0 aliphatic carbocycles. The van der Waals surface area contributed by atoms with Gasteiger partial charge in [-0.2, -0.15) is 0 Å². The van der Waals surface area contributed by atoms with Crippen molar-refractivity contribution in [3.05, 3.63) is 11.2 Å². The van der Waals surface area contributed by atoms with Crippen LogP contribution in [0.3, 0.4) is 0 Å². The van der Waals surface area contributed by atoms with Crippen molar-refractivity contribution < 1.29 is 0 Å². The maximum absolute atomic E-state index is 5.94. The Morgan fingerprint density at radius 3 is 2.50 bits per heavy atom. The lowest BCUT2D eigenvalue weighted by Crippen LogP contribution is -2.33. The molecule has 0 fully saturated rings. The van der Waals surface area contributed by atoms with Crippen LogP contribution in [-0.4, -0.2) is 21.8 Å². The minimum Gasteiger partial charge on any atom is -0.365 e. The summed E-state index contributed by atoms with van der Waals surface area (Å²) in [6.45, 7) is 6.51. The van der Waals surface area contributed by atoms with Gasteiger partial charge in [0.15, 0.2) is 5.16 Å². The van der Waals surface area contributed by atoms with Crippen molar-refractivity contribution in [3.63, 3.8) is 0 Å². The smallest absolute Gasteiger partial charge is 0.190 e. The van der Waals surface area contributed by atoms with E-state index in [1.165, 1.54) is 11.8 Å². The molecule has 1 heterocycles. The summed E-state index contributed by atoms with van der Waals surface area (Å²) in [5.41, 5.74) is 0.0629. The lowest BCUT2D eigenvalue weighted by Gasteiger charge is -2.28. The topological polar surface area (TPSA) is 37.8 Å². The molecule has 0 saturated carbocycles. The number of aromatic nitrogens is 2. The highest BCUT2D eigenvalue weighted by Crippen LogP contribution is 2.23. The Hall–Kier alpha value is -0.480. The van der Waals surface area contributed by atoms with Gasteiger partial charge in [0.25, 0.3) is 0 Å². The summed E-state index contributed by atoms with van der Waals surface area (Å²) in [5.74, 6) is 0.801. The van der Waals surface area contributed by atoms with E-state index in [0.717, 1.165) is 18.7 Å². The van der Waals surface area contributed by atoms with E-state index < -0.39 is 0 Å². The van der Waals surface area contributed by atoms with Crippen molar-refractivity contribution >= 4 is 29.2 Å². The van der Waals surface area contributed by atoms with E-state index in [4.69, 9.17) is 11.6 Å². The Morgan fingerprint density at radius 2 is 2.00 bits per heavy atom. The van der Waals surface area contributed by atoms with Crippen molar-refractivity contribution in [1.82, 2.24) is 9.97 Å². The number of anilines is 1. The van der Waals surface area contributed by atoms with Crippen molar-refractivity contribution in [2.75, 3.05) is 11.6 Å². The van der Waals surface area contributed by atoms with Gasteiger partial charge in [-0.1, -0.05) is 37.2 Å². The zero-order valence-electron chi connectivity index (χ0n) is 10.2. The van der Waals surface area contributed by atoms with Gasteiger partial charge in [0.05, 0.1) is 0 Å². The average Bonchev–Trinajstić information content (AvgIpc) is 2.28. The molecule has 1 N–H and O–H groups in total. The third kappa shape index (κ3) is 3.52. The van der Waals surface area contributed by atoms with Gasteiger partial charge < -0.3 is 5.32 Å². The van der Waals surface area contributed by atoms with E-state index in [9.17, 15) is 0 Å². The summed E-state index contributed by atoms with van der Waals surface area (Å²) in [7, 11) is 0. The maximum atomic E-state index is 5.94. The second kappa shape index (κ2) is 5.73. The normalized spacial score (nSPS) is 11.6. The maximum Gasteiger partial charge on any atom is 0.190 e. The largest absolute Gasteiger partial charge is 0.365 e. The molecule has 1 aromatic rings. The predicted molar refractivity (Wildman–Crippen MR) is 71.4 cm³/mol. The molecule has 0 atom stereocenters. The molecule has 0 aromatic carbocycles. The van der Waals surface area contributed by atoms with Crippen LogP contribution in [-0.2, 0) is 0 Å². The summed E-state index contributed by atoms with van der Waals surface area (Å²) in [5, 5.41) is 4.60. The average molecular weight is 260 g/mol. The fourth-order valence-corrected chi connectivity index (χ4v) is 1.90. The van der Waals surface area contributed by atoms with Crippen LogP contribution in [0.25, 0.3) is 0 Å². The molecule has 0 bridgehead atoms. The fourth-order valence-electron chi connectivity index (χ4n) is 1.29. The van der Waals surface area contributed by atoms with E-state index in [1.807, 2.05) is 6.26 Å². The molecule has 0 aliphatic heterocycles. The van der Waals surface area contributed by atoms with Gasteiger partial charge in [-0.3, -0.25) is 0 Å². The van der Waals surface area contributed by atoms with Crippen LogP contribution in [0.2, 0.25) is 5.15 Å². The Kier molecular flexibility index (Phi) is 4.87. The molecule has 90 valence electrons. The number of hydrogen-bond donors (Lipinski definition) is 1. The van der Waals surface area contributed by atoms with E-state index in [-0.39, 0.29) is 5.54 Å². The first-order valence-corrected chi connectivity index (χ1v) is 7.00. The van der Waals surface area contributed by atoms with E-state index in [1.54, 1.807) is 6.07 Å². The molecule has 0 unspecified atom stereocenters. The van der Waals surface area contributed by atoms with Gasteiger partial charge in [-0.15, -0.1) is 0 Å². The van der Waals surface area contributed by atoms with Crippen molar-refractivity contribution in [2.45, 2.75) is 44.3 Å². The molecule has 5 heteroatoms. The third-order valence-electron chi connectivity index (χ3n) is 2.85. The van der Waals surface area contributed by atoms with Crippen LogP contribution in [0.4, 0.5) is 5.82 Å². The van der Waals surface area contributed by atoms with Crippen molar-refractivity contribution in [2.24, 2.45) is 0 Å². The van der Waals surface area contributed by atoms with Gasteiger partial charge in [-0.25, -0.2) is 9.97 Å². The standard InChI is InChI=1S/C11H18ClN3S/c1-5-11(3,6-2)15-9-7-8(12)13-10(14-9)16-4/h7H,5-6H2,1-4H3,(H,13,14,15). The molecule has 16 heavy (non-hydrogen) atoms. The highest BCUT2D eigenvalue weighted by atomic mass is 35.5. The first kappa shape index (κ1) is 13.6. The van der Waals surface area contributed by atoms with Gasteiger partial charge in [0.1, 0.15) is 11.0 Å². The molecule has 0 amide bonds. The second-order valence-corrected chi connectivity index (χ2v) is 5.12. The third-order valence-corrected chi connectivity index (χ3v) is 3.59. The van der Waals surface area contributed by atoms with E-state index in [2.05, 4.69) is 36.1 Å². The molecule has 0 aliphatic rings. The Balaban J connectivity index is 2.92. The van der Waals surface area contributed by atoms with Gasteiger partial charge in [0, 0.05) is 11.6 Å². The number of nitrogens with one attached hydrogen (secondary N) is 1. The molecule has 0 radical (unpaired) electrons.